The molecule has 0 saturated carbocycles. The SMILES string of the molecule is COc1ccc(CCC(=O)C(=O)C(CC(=O)C(C)C(=Nc2ccccc2C)C(=O)CC(=N)C(=O)c2ccc(C)cc2)C(C)C)cc1. The maximum Gasteiger partial charge on any atom is 0.206 e. The Morgan fingerprint density at radius 2 is 1.46 bits per heavy atom. The number of carbonyl (C=O) groups is 5. The quantitative estimate of drug-likeness (QED) is 0.0992. The Bertz CT molecular complexity index is 1630. The van der Waals surface area contributed by atoms with E-state index in [-0.39, 0.29) is 24.5 Å². The molecule has 2 unspecified atom stereocenters. The summed E-state index contributed by atoms with van der Waals surface area (Å²) in [7, 11) is 1.57. The number of nitrogens with zero attached hydrogens (tertiary/aromatic N) is 1. The first kappa shape index (κ1) is 35.6. The summed E-state index contributed by atoms with van der Waals surface area (Å²) in [6, 6.07) is 21.1. The van der Waals surface area contributed by atoms with Gasteiger partial charge in [-0.15, -0.1) is 0 Å². The van der Waals surface area contributed by atoms with E-state index >= 15 is 0 Å². The topological polar surface area (TPSA) is 131 Å². The fourth-order valence-corrected chi connectivity index (χ4v) is 4.99. The molecule has 8 heteroatoms. The van der Waals surface area contributed by atoms with Crippen LogP contribution in [0.1, 0.15) is 67.1 Å². The van der Waals surface area contributed by atoms with Crippen LogP contribution in [0, 0.1) is 37.0 Å². The molecule has 0 amide bonds. The molecule has 3 aromatic carbocycles. The first-order valence-electron chi connectivity index (χ1n) is 15.4. The number of methoxy groups -OCH3 is 1. The van der Waals surface area contributed by atoms with Gasteiger partial charge in [0.25, 0.3) is 0 Å². The van der Waals surface area contributed by atoms with Gasteiger partial charge >= 0.3 is 0 Å². The van der Waals surface area contributed by atoms with Gasteiger partial charge in [-0.3, -0.25) is 24.0 Å². The van der Waals surface area contributed by atoms with E-state index in [1.165, 1.54) is 6.92 Å². The van der Waals surface area contributed by atoms with Crippen LogP contribution in [0.3, 0.4) is 0 Å². The predicted molar refractivity (Wildman–Crippen MR) is 180 cm³/mol. The monoisotopic (exact) mass is 622 g/mol. The number of carbonyl (C=O) groups excluding carboxylic acids is 5. The lowest BCUT2D eigenvalue weighted by atomic mass is 9.81. The van der Waals surface area contributed by atoms with Gasteiger partial charge in [-0.25, -0.2) is 4.99 Å². The normalized spacial score (nSPS) is 12.7. The third-order valence-electron chi connectivity index (χ3n) is 8.10. The van der Waals surface area contributed by atoms with Gasteiger partial charge in [0.2, 0.25) is 11.6 Å². The zero-order valence-corrected chi connectivity index (χ0v) is 27.4. The van der Waals surface area contributed by atoms with Crippen LogP contribution in [0.4, 0.5) is 5.69 Å². The number of aliphatic imine (C=N–C) groups is 1. The largest absolute Gasteiger partial charge is 0.497 e. The first-order chi connectivity index (χ1) is 21.8. The van der Waals surface area contributed by atoms with Crippen LogP contribution in [-0.2, 0) is 25.6 Å². The second kappa shape index (κ2) is 16.5. The van der Waals surface area contributed by atoms with E-state index in [4.69, 9.17) is 10.1 Å². The molecule has 1 N–H and O–H groups in total. The number of ketones is 5. The van der Waals surface area contributed by atoms with Gasteiger partial charge < -0.3 is 10.1 Å². The fourth-order valence-electron chi connectivity index (χ4n) is 4.99. The molecule has 0 fully saturated rings. The summed E-state index contributed by atoms with van der Waals surface area (Å²) in [6.45, 7) is 8.80. The molecule has 0 bridgehead atoms. The molecule has 0 aliphatic carbocycles. The Morgan fingerprint density at radius 3 is 2.04 bits per heavy atom. The zero-order valence-electron chi connectivity index (χ0n) is 27.4. The minimum absolute atomic E-state index is 0.00767. The van der Waals surface area contributed by atoms with Gasteiger partial charge in [-0.05, 0) is 62.4 Å². The molecule has 0 aromatic heterocycles. The highest BCUT2D eigenvalue weighted by atomic mass is 16.5. The summed E-state index contributed by atoms with van der Waals surface area (Å²) in [5.74, 6) is -4.32. The molecule has 0 aliphatic rings. The average Bonchev–Trinajstić information content (AvgIpc) is 3.04. The number of hydrogen-bond acceptors (Lipinski definition) is 8. The number of para-hydroxylation sites is 1. The van der Waals surface area contributed by atoms with Gasteiger partial charge in [0, 0.05) is 24.3 Å². The molecule has 2 atom stereocenters. The molecule has 0 radical (unpaired) electrons. The first-order valence-corrected chi connectivity index (χ1v) is 15.4. The van der Waals surface area contributed by atoms with Crippen LogP contribution in [0.15, 0.2) is 77.8 Å². The van der Waals surface area contributed by atoms with Crippen LogP contribution in [0.5, 0.6) is 5.75 Å². The van der Waals surface area contributed by atoms with Gasteiger partial charge in [0.05, 0.1) is 36.6 Å². The maximum atomic E-state index is 13.7. The van der Waals surface area contributed by atoms with E-state index in [0.29, 0.717) is 23.4 Å². The molecule has 8 nitrogen and oxygen atoms in total. The molecule has 3 aromatic rings. The third kappa shape index (κ3) is 9.57. The van der Waals surface area contributed by atoms with Crippen LogP contribution < -0.4 is 4.74 Å². The Hall–Kier alpha value is -4.85. The highest BCUT2D eigenvalue weighted by molar-refractivity contribution is 6.54. The average molecular weight is 623 g/mol. The molecule has 0 heterocycles. The Labute approximate surface area is 270 Å². The van der Waals surface area contributed by atoms with E-state index < -0.39 is 52.9 Å². The number of benzene rings is 3. The van der Waals surface area contributed by atoms with Gasteiger partial charge in [0.1, 0.15) is 11.5 Å². The number of ether oxygens (including phenoxy) is 1. The van der Waals surface area contributed by atoms with Crippen molar-refractivity contribution in [2.24, 2.45) is 22.7 Å². The summed E-state index contributed by atoms with van der Waals surface area (Å²) in [5, 5.41) is 8.38. The lowest BCUT2D eigenvalue weighted by Gasteiger charge is -2.21. The van der Waals surface area contributed by atoms with Crippen molar-refractivity contribution in [1.82, 2.24) is 0 Å². The van der Waals surface area contributed by atoms with Crippen molar-refractivity contribution in [1.29, 1.82) is 5.41 Å². The second-order valence-electron chi connectivity index (χ2n) is 11.9. The van der Waals surface area contributed by atoms with Crippen LogP contribution in [-0.4, -0.2) is 47.4 Å². The van der Waals surface area contributed by atoms with E-state index in [9.17, 15) is 24.0 Å². The summed E-state index contributed by atoms with van der Waals surface area (Å²) < 4.78 is 5.16. The number of rotatable bonds is 17. The predicted octanol–water partition coefficient (Wildman–Crippen LogP) is 6.88. The number of hydrogen-bond donors (Lipinski definition) is 1. The van der Waals surface area contributed by atoms with E-state index in [0.717, 1.165) is 16.7 Å². The third-order valence-corrected chi connectivity index (χ3v) is 8.10. The van der Waals surface area contributed by atoms with Crippen molar-refractivity contribution in [2.75, 3.05) is 7.11 Å². The van der Waals surface area contributed by atoms with Crippen molar-refractivity contribution in [3.8, 4) is 5.75 Å². The van der Waals surface area contributed by atoms with Gasteiger partial charge in [0.15, 0.2) is 11.6 Å². The smallest absolute Gasteiger partial charge is 0.206 e. The Balaban J connectivity index is 1.79. The number of aryl methyl sites for hydroxylation is 3. The molecule has 0 spiro atoms. The molecular formula is C38H42N2O6. The van der Waals surface area contributed by atoms with Crippen LogP contribution >= 0.6 is 0 Å². The van der Waals surface area contributed by atoms with Crippen molar-refractivity contribution in [3.63, 3.8) is 0 Å². The summed E-state index contributed by atoms with van der Waals surface area (Å²) in [5.41, 5.74) is 2.87. The standard InChI is InChI=1S/C38H42N2O6/c1-23(2)30(38(45)33(41)20-15-27-13-18-29(46-6)19-14-27)21-34(42)26(5)36(40-32-10-8-7-9-25(32)4)35(43)22-31(39)37(44)28-16-11-24(3)12-17-28/h7-14,16-19,23,26,30,39H,15,20-22H2,1-6H3. The molecule has 0 aliphatic heterocycles. The highest BCUT2D eigenvalue weighted by Gasteiger charge is 2.34. The van der Waals surface area contributed by atoms with E-state index in [1.807, 2.05) is 38.1 Å². The van der Waals surface area contributed by atoms with Crippen LogP contribution in [0.2, 0.25) is 0 Å². The lowest BCUT2D eigenvalue weighted by Crippen LogP contribution is -2.35. The minimum atomic E-state index is -1.04. The number of nitrogens with one attached hydrogen (secondary N) is 1. The molecule has 0 saturated heterocycles. The van der Waals surface area contributed by atoms with E-state index in [2.05, 4.69) is 4.99 Å². The minimum Gasteiger partial charge on any atom is -0.497 e. The summed E-state index contributed by atoms with van der Waals surface area (Å²) in [4.78, 5) is 71.0. The Kier molecular flexibility index (Phi) is 12.7. The Morgan fingerprint density at radius 1 is 0.826 bits per heavy atom. The lowest BCUT2D eigenvalue weighted by molar-refractivity contribution is -0.141. The van der Waals surface area contributed by atoms with Gasteiger partial charge in [-0.2, -0.15) is 0 Å². The van der Waals surface area contributed by atoms with E-state index in [1.54, 1.807) is 69.5 Å². The molecule has 240 valence electrons. The van der Waals surface area contributed by atoms with Gasteiger partial charge in [-0.1, -0.05) is 74.0 Å². The second-order valence-corrected chi connectivity index (χ2v) is 11.9. The summed E-state index contributed by atoms with van der Waals surface area (Å²) in [6.07, 6.45) is -0.399. The van der Waals surface area contributed by atoms with Crippen molar-refractivity contribution >= 4 is 46.0 Å². The van der Waals surface area contributed by atoms with Crippen LogP contribution in [0.25, 0.3) is 0 Å². The summed E-state index contributed by atoms with van der Waals surface area (Å²) >= 11 is 0. The molecule has 46 heavy (non-hydrogen) atoms. The maximum absolute atomic E-state index is 13.7. The fraction of sp³-hybridized carbons (Fsp3) is 0.342. The van der Waals surface area contributed by atoms with Crippen molar-refractivity contribution < 1.29 is 28.7 Å². The zero-order chi connectivity index (χ0) is 34.0. The highest BCUT2D eigenvalue weighted by Crippen LogP contribution is 2.25. The number of Topliss-reactive ketones (excluding diaryl/α,β-unsaturated/α-hetero) is 5. The van der Waals surface area contributed by atoms with Crippen molar-refractivity contribution in [3.05, 3.63) is 95.1 Å². The molecule has 3 rings (SSSR count). The molecular weight excluding hydrogens is 580 g/mol. The van der Waals surface area contributed by atoms with Crippen molar-refractivity contribution in [2.45, 2.75) is 60.3 Å².